The second-order valence-corrected chi connectivity index (χ2v) is 4.80. The first kappa shape index (κ1) is 13.3. The van der Waals surface area contributed by atoms with E-state index in [9.17, 15) is 8.78 Å². The number of aromatic nitrogens is 2. The second-order valence-electron chi connectivity index (χ2n) is 4.44. The highest BCUT2D eigenvalue weighted by Gasteiger charge is 2.46. The Morgan fingerprint density at radius 1 is 1.78 bits per heavy atom. The maximum atomic E-state index is 14.3. The van der Waals surface area contributed by atoms with Crippen LogP contribution in [0.5, 0.6) is 0 Å². The van der Waals surface area contributed by atoms with Crippen LogP contribution in [0.1, 0.15) is 19.6 Å². The molecule has 0 amide bonds. The fourth-order valence-corrected chi connectivity index (χ4v) is 2.25. The highest BCUT2D eigenvalue weighted by Crippen LogP contribution is 2.40. The third-order valence-corrected chi connectivity index (χ3v) is 3.16. The summed E-state index contributed by atoms with van der Waals surface area (Å²) in [6, 6.07) is 0. The summed E-state index contributed by atoms with van der Waals surface area (Å²) < 4.78 is 34.0. The number of nitrogens with two attached hydrogens (primary N) is 1. The average Bonchev–Trinajstić information content (AvgIpc) is 2.59. The standard InChI is InChI=1S/C10H13F2N3O2S/c1-10(12)2-5(4-16)17-8(10)15-3-6(11)7(13)14-9(15)18/h3,5,8,16H,2,4H2,1H3,(H2,13,14,18)/t5-,8+,10+/m0/s1. The van der Waals surface area contributed by atoms with Gasteiger partial charge in [-0.2, -0.15) is 4.98 Å². The summed E-state index contributed by atoms with van der Waals surface area (Å²) in [5.41, 5.74) is 3.50. The van der Waals surface area contributed by atoms with Gasteiger partial charge in [0.2, 0.25) is 4.77 Å². The molecule has 1 saturated heterocycles. The molecular formula is C10H13F2N3O2S. The highest BCUT2D eigenvalue weighted by atomic mass is 32.1. The Bertz CT molecular complexity index is 520. The van der Waals surface area contributed by atoms with Crippen molar-refractivity contribution in [2.45, 2.75) is 31.3 Å². The van der Waals surface area contributed by atoms with Crippen molar-refractivity contribution in [3.8, 4) is 0 Å². The van der Waals surface area contributed by atoms with Gasteiger partial charge in [0, 0.05) is 12.6 Å². The van der Waals surface area contributed by atoms with Crippen LogP contribution in [-0.2, 0) is 4.74 Å². The maximum absolute atomic E-state index is 14.3. The summed E-state index contributed by atoms with van der Waals surface area (Å²) in [7, 11) is 0. The topological polar surface area (TPSA) is 73.3 Å². The zero-order chi connectivity index (χ0) is 13.5. The Labute approximate surface area is 107 Å². The summed E-state index contributed by atoms with van der Waals surface area (Å²) in [6.45, 7) is 0.998. The van der Waals surface area contributed by atoms with Crippen molar-refractivity contribution < 1.29 is 18.6 Å². The molecule has 0 unspecified atom stereocenters. The van der Waals surface area contributed by atoms with E-state index in [0.29, 0.717) is 0 Å². The summed E-state index contributed by atoms with van der Waals surface area (Å²) in [5, 5.41) is 8.99. The minimum atomic E-state index is -1.77. The van der Waals surface area contributed by atoms with Gasteiger partial charge in [-0.3, -0.25) is 4.57 Å². The molecule has 0 radical (unpaired) electrons. The number of anilines is 1. The molecule has 5 nitrogen and oxygen atoms in total. The van der Waals surface area contributed by atoms with Gasteiger partial charge in [0.15, 0.2) is 23.5 Å². The predicted octanol–water partition coefficient (Wildman–Crippen LogP) is 1.34. The summed E-state index contributed by atoms with van der Waals surface area (Å²) in [4.78, 5) is 3.61. The van der Waals surface area contributed by atoms with Crippen LogP contribution in [0.4, 0.5) is 14.6 Å². The number of aliphatic hydroxyl groups excluding tert-OH is 1. The number of alkyl halides is 1. The van der Waals surface area contributed by atoms with Crippen LogP contribution >= 0.6 is 12.2 Å². The van der Waals surface area contributed by atoms with E-state index in [-0.39, 0.29) is 23.6 Å². The average molecular weight is 277 g/mol. The molecule has 3 N–H and O–H groups in total. The van der Waals surface area contributed by atoms with Crippen LogP contribution in [0.15, 0.2) is 6.20 Å². The van der Waals surface area contributed by atoms with Crippen LogP contribution in [-0.4, -0.2) is 33.0 Å². The Hall–Kier alpha value is -1.12. The Morgan fingerprint density at radius 2 is 2.44 bits per heavy atom. The van der Waals surface area contributed by atoms with Crippen LogP contribution in [0.2, 0.25) is 0 Å². The summed E-state index contributed by atoms with van der Waals surface area (Å²) in [6.07, 6.45) is -0.799. The van der Waals surface area contributed by atoms with Crippen molar-refractivity contribution in [1.29, 1.82) is 0 Å². The number of hydrogen-bond donors (Lipinski definition) is 2. The number of halogens is 2. The van der Waals surface area contributed by atoms with E-state index in [1.165, 1.54) is 6.92 Å². The molecule has 1 aromatic heterocycles. The molecule has 8 heteroatoms. The van der Waals surface area contributed by atoms with E-state index in [1.807, 2.05) is 0 Å². The molecule has 1 aliphatic rings. The molecule has 0 bridgehead atoms. The number of aliphatic hydroxyl groups is 1. The first-order valence-electron chi connectivity index (χ1n) is 5.34. The van der Waals surface area contributed by atoms with Gasteiger partial charge in [0.1, 0.15) is 0 Å². The highest BCUT2D eigenvalue weighted by molar-refractivity contribution is 7.71. The van der Waals surface area contributed by atoms with Crippen LogP contribution in [0.25, 0.3) is 0 Å². The van der Waals surface area contributed by atoms with E-state index in [2.05, 4.69) is 4.98 Å². The number of hydrogen-bond acceptors (Lipinski definition) is 5. The summed E-state index contributed by atoms with van der Waals surface area (Å²) >= 11 is 4.91. The SMILES string of the molecule is C[C@@]1(F)C[C@@H](CO)O[C@H]1n1cc(F)c(N)nc1=S. The lowest BCUT2D eigenvalue weighted by molar-refractivity contribution is -0.0603. The Morgan fingerprint density at radius 3 is 3.00 bits per heavy atom. The number of nitrogens with zero attached hydrogens (tertiary/aromatic N) is 2. The van der Waals surface area contributed by atoms with Crippen molar-refractivity contribution >= 4 is 18.0 Å². The van der Waals surface area contributed by atoms with Gasteiger partial charge in [0.25, 0.3) is 0 Å². The number of ether oxygens (including phenoxy) is 1. The lowest BCUT2D eigenvalue weighted by atomic mass is 10.0. The van der Waals surface area contributed by atoms with Gasteiger partial charge in [-0.05, 0) is 19.1 Å². The first-order chi connectivity index (χ1) is 8.35. The maximum Gasteiger partial charge on any atom is 0.203 e. The van der Waals surface area contributed by atoms with E-state index in [1.54, 1.807) is 0 Å². The molecule has 3 atom stereocenters. The third-order valence-electron chi connectivity index (χ3n) is 2.85. The van der Waals surface area contributed by atoms with E-state index in [4.69, 9.17) is 27.8 Å². The van der Waals surface area contributed by atoms with Crippen LogP contribution < -0.4 is 5.73 Å². The zero-order valence-corrected chi connectivity index (χ0v) is 10.5. The molecule has 100 valence electrons. The third kappa shape index (κ3) is 2.23. The monoisotopic (exact) mass is 277 g/mol. The Balaban J connectivity index is 2.43. The van der Waals surface area contributed by atoms with Gasteiger partial charge in [-0.25, -0.2) is 8.78 Å². The molecule has 18 heavy (non-hydrogen) atoms. The molecule has 0 aliphatic carbocycles. The molecule has 2 rings (SSSR count). The van der Waals surface area contributed by atoms with Gasteiger partial charge < -0.3 is 15.6 Å². The normalized spacial score (nSPS) is 31.8. The molecular weight excluding hydrogens is 264 g/mol. The molecule has 0 spiro atoms. The lowest BCUT2D eigenvalue weighted by Gasteiger charge is -2.23. The smallest absolute Gasteiger partial charge is 0.203 e. The van der Waals surface area contributed by atoms with Crippen LogP contribution in [0, 0.1) is 10.6 Å². The number of rotatable bonds is 2. The predicted molar refractivity (Wildman–Crippen MR) is 62.6 cm³/mol. The van der Waals surface area contributed by atoms with Gasteiger partial charge in [0.05, 0.1) is 12.7 Å². The Kier molecular flexibility index (Phi) is 3.35. The minimum absolute atomic E-state index is 0.00192. The van der Waals surface area contributed by atoms with Crippen molar-refractivity contribution in [2.75, 3.05) is 12.3 Å². The molecule has 0 saturated carbocycles. The second kappa shape index (κ2) is 4.52. The molecule has 1 aromatic rings. The minimum Gasteiger partial charge on any atom is -0.394 e. The number of nitrogen functional groups attached to an aromatic ring is 1. The fourth-order valence-electron chi connectivity index (χ4n) is 2.01. The fraction of sp³-hybridized carbons (Fsp3) is 0.600. The quantitative estimate of drug-likeness (QED) is 0.798. The largest absolute Gasteiger partial charge is 0.394 e. The zero-order valence-electron chi connectivity index (χ0n) is 9.64. The van der Waals surface area contributed by atoms with Crippen LogP contribution in [0.3, 0.4) is 0 Å². The molecule has 2 heterocycles. The molecule has 1 fully saturated rings. The molecule has 0 aromatic carbocycles. The van der Waals surface area contributed by atoms with Gasteiger partial charge in [-0.1, -0.05) is 0 Å². The van der Waals surface area contributed by atoms with Crippen molar-refractivity contribution in [3.63, 3.8) is 0 Å². The molecule has 1 aliphatic heterocycles. The van der Waals surface area contributed by atoms with Crippen molar-refractivity contribution in [3.05, 3.63) is 16.8 Å². The van der Waals surface area contributed by atoms with Gasteiger partial charge >= 0.3 is 0 Å². The summed E-state index contributed by atoms with van der Waals surface area (Å²) in [5.74, 6) is -1.14. The van der Waals surface area contributed by atoms with Crippen molar-refractivity contribution in [2.24, 2.45) is 0 Å². The van der Waals surface area contributed by atoms with Gasteiger partial charge in [-0.15, -0.1) is 0 Å². The first-order valence-corrected chi connectivity index (χ1v) is 5.75. The van der Waals surface area contributed by atoms with E-state index >= 15 is 0 Å². The van der Waals surface area contributed by atoms with Crippen molar-refractivity contribution in [1.82, 2.24) is 9.55 Å². The lowest BCUT2D eigenvalue weighted by Crippen LogP contribution is -2.28. The van der Waals surface area contributed by atoms with E-state index in [0.717, 1.165) is 10.8 Å². The van der Waals surface area contributed by atoms with E-state index < -0.39 is 23.8 Å².